The molecular weight excluding hydrogens is 405 g/mol. The maximum absolute atomic E-state index is 8.75. The van der Waals surface area contributed by atoms with Crippen molar-refractivity contribution in [3.05, 3.63) is 62.0 Å². The lowest BCUT2D eigenvalue weighted by Crippen LogP contribution is -1.97. The predicted octanol–water partition coefficient (Wildman–Crippen LogP) is 5.40. The fourth-order valence-electron chi connectivity index (χ4n) is 1.66. The van der Waals surface area contributed by atoms with Gasteiger partial charge in [-0.15, -0.1) is 11.6 Å². The molecule has 102 valence electrons. The van der Waals surface area contributed by atoms with E-state index in [-0.39, 0.29) is 0 Å². The van der Waals surface area contributed by atoms with Crippen LogP contribution in [0.1, 0.15) is 16.7 Å². The monoisotopic (exact) mass is 413 g/mol. The second-order valence-electron chi connectivity index (χ2n) is 4.12. The summed E-state index contributed by atoms with van der Waals surface area (Å²) in [6, 6.07) is 13.3. The summed E-state index contributed by atoms with van der Waals surface area (Å²) < 4.78 is 7.52. The lowest BCUT2D eigenvalue weighted by molar-refractivity contribution is 0.302. The summed E-state index contributed by atoms with van der Waals surface area (Å²) in [5.74, 6) is 1.19. The van der Waals surface area contributed by atoms with E-state index in [2.05, 4.69) is 37.9 Å². The third kappa shape index (κ3) is 3.76. The van der Waals surface area contributed by atoms with E-state index < -0.39 is 0 Å². The van der Waals surface area contributed by atoms with Crippen LogP contribution in [-0.4, -0.2) is 0 Å². The van der Waals surface area contributed by atoms with Gasteiger partial charge in [-0.25, -0.2) is 0 Å². The molecule has 2 nitrogen and oxygen atoms in total. The summed E-state index contributed by atoms with van der Waals surface area (Å²) in [4.78, 5) is 0. The number of rotatable bonds is 4. The van der Waals surface area contributed by atoms with Gasteiger partial charge in [-0.05, 0) is 67.3 Å². The molecule has 0 saturated carbocycles. The number of hydrogen-bond acceptors (Lipinski definition) is 2. The number of alkyl halides is 1. The number of hydrogen-bond donors (Lipinski definition) is 0. The van der Waals surface area contributed by atoms with Crippen molar-refractivity contribution in [2.45, 2.75) is 12.5 Å². The molecule has 0 spiro atoms. The highest BCUT2D eigenvalue weighted by molar-refractivity contribution is 9.11. The lowest BCUT2D eigenvalue weighted by atomic mass is 10.1. The van der Waals surface area contributed by atoms with E-state index in [0.717, 1.165) is 25.8 Å². The normalized spacial score (nSPS) is 10.1. The average molecular weight is 416 g/mol. The Morgan fingerprint density at radius 1 is 1.05 bits per heavy atom. The fourth-order valence-corrected chi connectivity index (χ4v) is 3.32. The van der Waals surface area contributed by atoms with E-state index in [1.807, 2.05) is 24.3 Å². The van der Waals surface area contributed by atoms with Gasteiger partial charge < -0.3 is 4.74 Å². The molecule has 0 bridgehead atoms. The van der Waals surface area contributed by atoms with Crippen LogP contribution in [0.15, 0.2) is 45.3 Å². The Labute approximate surface area is 139 Å². The third-order valence-corrected chi connectivity index (χ3v) is 4.17. The van der Waals surface area contributed by atoms with Crippen LogP contribution in [0.5, 0.6) is 5.75 Å². The van der Waals surface area contributed by atoms with Crippen LogP contribution in [0.3, 0.4) is 0 Å². The Hall–Kier alpha value is -1.02. The Balaban J connectivity index is 2.12. The van der Waals surface area contributed by atoms with Crippen LogP contribution >= 0.6 is 43.5 Å². The zero-order chi connectivity index (χ0) is 14.5. The van der Waals surface area contributed by atoms with Crippen molar-refractivity contribution in [3.63, 3.8) is 0 Å². The molecule has 20 heavy (non-hydrogen) atoms. The van der Waals surface area contributed by atoms with E-state index in [1.165, 1.54) is 0 Å². The molecule has 0 N–H and O–H groups in total. The van der Waals surface area contributed by atoms with Gasteiger partial charge in [0.25, 0.3) is 0 Å². The van der Waals surface area contributed by atoms with Gasteiger partial charge in [-0.3, -0.25) is 0 Å². The summed E-state index contributed by atoms with van der Waals surface area (Å²) in [5, 5.41) is 8.75. The second kappa shape index (κ2) is 7.12. The van der Waals surface area contributed by atoms with E-state index in [0.29, 0.717) is 18.1 Å². The molecule has 0 saturated heterocycles. The van der Waals surface area contributed by atoms with Crippen LogP contribution < -0.4 is 4.74 Å². The molecule has 0 aromatic heterocycles. The van der Waals surface area contributed by atoms with Crippen molar-refractivity contribution >= 4 is 43.5 Å². The Morgan fingerprint density at radius 3 is 2.15 bits per heavy atom. The minimum atomic E-state index is 0.434. The molecule has 0 unspecified atom stereocenters. The Bertz CT molecular complexity index is 627. The molecule has 0 radical (unpaired) electrons. The first kappa shape index (κ1) is 15.4. The summed E-state index contributed by atoms with van der Waals surface area (Å²) in [6.07, 6.45) is 0. The van der Waals surface area contributed by atoms with E-state index in [4.69, 9.17) is 21.6 Å². The minimum Gasteiger partial charge on any atom is -0.487 e. The van der Waals surface area contributed by atoms with Crippen LogP contribution in [0.4, 0.5) is 0 Å². The number of nitriles is 1. The van der Waals surface area contributed by atoms with Gasteiger partial charge in [0.15, 0.2) is 0 Å². The number of halogens is 3. The fraction of sp³-hybridized carbons (Fsp3) is 0.133. The van der Waals surface area contributed by atoms with Crippen molar-refractivity contribution in [1.29, 1.82) is 5.26 Å². The van der Waals surface area contributed by atoms with Crippen molar-refractivity contribution in [2.75, 3.05) is 0 Å². The molecule has 0 heterocycles. The lowest BCUT2D eigenvalue weighted by Gasteiger charge is -2.11. The topological polar surface area (TPSA) is 33.0 Å². The standard InChI is InChI=1S/C15H10Br2ClNO/c16-13-5-12(7-18)6-14(17)15(13)20-9-11-3-1-10(8-19)2-4-11/h1-6H,7,9H2. The molecule has 2 aromatic rings. The van der Waals surface area contributed by atoms with Crippen LogP contribution in [-0.2, 0) is 12.5 Å². The zero-order valence-electron chi connectivity index (χ0n) is 10.4. The third-order valence-electron chi connectivity index (χ3n) is 2.68. The molecular formula is C15H10Br2ClNO. The SMILES string of the molecule is N#Cc1ccc(COc2c(Br)cc(CCl)cc2Br)cc1. The van der Waals surface area contributed by atoms with Gasteiger partial charge in [-0.2, -0.15) is 5.26 Å². The second-order valence-corrected chi connectivity index (χ2v) is 6.10. The molecule has 0 atom stereocenters. The average Bonchev–Trinajstić information content (AvgIpc) is 2.46. The number of nitrogens with zero attached hydrogens (tertiary/aromatic N) is 1. The highest BCUT2D eigenvalue weighted by atomic mass is 79.9. The highest BCUT2D eigenvalue weighted by Crippen LogP contribution is 2.35. The van der Waals surface area contributed by atoms with Crippen molar-refractivity contribution < 1.29 is 4.74 Å². The molecule has 0 aliphatic heterocycles. The molecule has 0 aliphatic rings. The number of ether oxygens (including phenoxy) is 1. The molecule has 0 amide bonds. The van der Waals surface area contributed by atoms with Crippen LogP contribution in [0.25, 0.3) is 0 Å². The van der Waals surface area contributed by atoms with Crippen LogP contribution in [0, 0.1) is 11.3 Å². The first-order valence-corrected chi connectivity index (χ1v) is 7.92. The van der Waals surface area contributed by atoms with Gasteiger partial charge in [0.05, 0.1) is 20.6 Å². The number of benzene rings is 2. The molecule has 5 heteroatoms. The highest BCUT2D eigenvalue weighted by Gasteiger charge is 2.09. The zero-order valence-corrected chi connectivity index (χ0v) is 14.3. The van der Waals surface area contributed by atoms with Gasteiger partial charge >= 0.3 is 0 Å². The van der Waals surface area contributed by atoms with Gasteiger partial charge in [0.1, 0.15) is 12.4 Å². The summed E-state index contributed by atoms with van der Waals surface area (Å²) in [7, 11) is 0. The van der Waals surface area contributed by atoms with E-state index >= 15 is 0 Å². The van der Waals surface area contributed by atoms with E-state index in [9.17, 15) is 0 Å². The van der Waals surface area contributed by atoms with Crippen LogP contribution in [0.2, 0.25) is 0 Å². The molecule has 0 aliphatic carbocycles. The quantitative estimate of drug-likeness (QED) is 0.627. The maximum atomic E-state index is 8.75. The van der Waals surface area contributed by atoms with Gasteiger partial charge in [0.2, 0.25) is 0 Å². The summed E-state index contributed by atoms with van der Waals surface area (Å²) in [6.45, 7) is 0.434. The van der Waals surface area contributed by atoms with Crippen molar-refractivity contribution in [3.8, 4) is 11.8 Å². The first-order chi connectivity index (χ1) is 9.63. The van der Waals surface area contributed by atoms with Gasteiger partial charge in [0, 0.05) is 5.88 Å². The van der Waals surface area contributed by atoms with Crippen molar-refractivity contribution in [2.24, 2.45) is 0 Å². The molecule has 0 fully saturated rings. The summed E-state index contributed by atoms with van der Waals surface area (Å²) in [5.41, 5.74) is 2.66. The maximum Gasteiger partial charge on any atom is 0.148 e. The Morgan fingerprint density at radius 2 is 1.65 bits per heavy atom. The smallest absolute Gasteiger partial charge is 0.148 e. The summed E-state index contributed by atoms with van der Waals surface area (Å²) >= 11 is 12.8. The molecule has 2 rings (SSSR count). The Kier molecular flexibility index (Phi) is 5.47. The van der Waals surface area contributed by atoms with Crippen molar-refractivity contribution in [1.82, 2.24) is 0 Å². The van der Waals surface area contributed by atoms with E-state index in [1.54, 1.807) is 12.1 Å². The minimum absolute atomic E-state index is 0.434. The predicted molar refractivity (Wildman–Crippen MR) is 86.9 cm³/mol. The first-order valence-electron chi connectivity index (χ1n) is 5.79. The largest absolute Gasteiger partial charge is 0.487 e. The molecule has 2 aromatic carbocycles. The van der Waals surface area contributed by atoms with Gasteiger partial charge in [-0.1, -0.05) is 12.1 Å².